The van der Waals surface area contributed by atoms with Crippen LogP contribution in [0.15, 0.2) is 6.20 Å². The maximum atomic E-state index is 12.9. The van der Waals surface area contributed by atoms with Crippen molar-refractivity contribution in [2.75, 3.05) is 6.61 Å². The Morgan fingerprint density at radius 3 is 2.58 bits per heavy atom. The lowest BCUT2D eigenvalue weighted by molar-refractivity contribution is -0.276. The molecule has 0 spiro atoms. The predicted octanol–water partition coefficient (Wildman–Crippen LogP) is 3.23. The van der Waals surface area contributed by atoms with E-state index in [1.807, 2.05) is 0 Å². The fourth-order valence-electron chi connectivity index (χ4n) is 1.24. The number of pyridine rings is 1. The number of halogens is 5. The highest BCUT2D eigenvalue weighted by atomic mass is 127. The number of alkyl halides is 4. The lowest BCUT2D eigenvalue weighted by Crippen LogP contribution is -2.22. The van der Waals surface area contributed by atoms with Gasteiger partial charge >= 0.3 is 12.3 Å². The Hall–Kier alpha value is -1.13. The standard InChI is InChI=1S/C10H8F4INO3/c1-2-18-9(17)7-5(3-11)6(15)4-16-8(7)19-10(12,13)14/h4H,2-3H2,1H3. The van der Waals surface area contributed by atoms with Crippen LogP contribution in [0.25, 0.3) is 0 Å². The summed E-state index contributed by atoms with van der Waals surface area (Å²) in [7, 11) is 0. The maximum absolute atomic E-state index is 12.9. The Morgan fingerprint density at radius 2 is 2.11 bits per heavy atom. The highest BCUT2D eigenvalue weighted by molar-refractivity contribution is 14.1. The molecule has 0 aromatic carbocycles. The molecule has 106 valence electrons. The molecule has 1 heterocycles. The van der Waals surface area contributed by atoms with E-state index in [0.29, 0.717) is 0 Å². The van der Waals surface area contributed by atoms with E-state index in [9.17, 15) is 22.4 Å². The summed E-state index contributed by atoms with van der Waals surface area (Å²) < 4.78 is 57.9. The smallest absolute Gasteiger partial charge is 0.462 e. The van der Waals surface area contributed by atoms with Crippen molar-refractivity contribution in [2.45, 2.75) is 20.0 Å². The van der Waals surface area contributed by atoms with E-state index in [1.165, 1.54) is 6.92 Å². The minimum absolute atomic E-state index is 0.0680. The first-order valence-electron chi connectivity index (χ1n) is 4.96. The summed E-state index contributed by atoms with van der Waals surface area (Å²) >= 11 is 1.65. The molecule has 1 rings (SSSR count). The van der Waals surface area contributed by atoms with Crippen LogP contribution in [0.3, 0.4) is 0 Å². The summed E-state index contributed by atoms with van der Waals surface area (Å²) in [5.74, 6) is -2.13. The number of hydrogen-bond donors (Lipinski definition) is 0. The largest absolute Gasteiger partial charge is 0.574 e. The minimum Gasteiger partial charge on any atom is -0.462 e. The molecule has 0 aliphatic rings. The topological polar surface area (TPSA) is 48.4 Å². The molecule has 0 fully saturated rings. The van der Waals surface area contributed by atoms with E-state index in [2.05, 4.69) is 14.5 Å². The molecular weight excluding hydrogens is 385 g/mol. The van der Waals surface area contributed by atoms with E-state index >= 15 is 0 Å². The van der Waals surface area contributed by atoms with Crippen LogP contribution in [0.5, 0.6) is 5.88 Å². The molecule has 1 aromatic rings. The zero-order chi connectivity index (χ0) is 14.6. The van der Waals surface area contributed by atoms with Gasteiger partial charge < -0.3 is 9.47 Å². The first-order valence-corrected chi connectivity index (χ1v) is 6.04. The predicted molar refractivity (Wildman–Crippen MR) is 64.4 cm³/mol. The summed E-state index contributed by atoms with van der Waals surface area (Å²) in [6.45, 7) is 0.267. The second-order valence-electron chi connectivity index (χ2n) is 3.17. The van der Waals surface area contributed by atoms with Crippen LogP contribution in [0.4, 0.5) is 17.6 Å². The van der Waals surface area contributed by atoms with Gasteiger partial charge in [0, 0.05) is 15.3 Å². The monoisotopic (exact) mass is 393 g/mol. The summed E-state index contributed by atoms with van der Waals surface area (Å²) in [5.41, 5.74) is -0.887. The zero-order valence-electron chi connectivity index (χ0n) is 9.55. The highest BCUT2D eigenvalue weighted by Gasteiger charge is 2.35. The summed E-state index contributed by atoms with van der Waals surface area (Å²) in [5, 5.41) is 0. The fourth-order valence-corrected chi connectivity index (χ4v) is 1.79. The first kappa shape index (κ1) is 15.9. The van der Waals surface area contributed by atoms with E-state index in [4.69, 9.17) is 0 Å². The lowest BCUT2D eigenvalue weighted by atomic mass is 10.1. The van der Waals surface area contributed by atoms with Crippen molar-refractivity contribution in [3.8, 4) is 5.88 Å². The number of carbonyl (C=O) groups excluding carboxylic acids is 1. The third kappa shape index (κ3) is 4.18. The zero-order valence-corrected chi connectivity index (χ0v) is 11.7. The summed E-state index contributed by atoms with van der Waals surface area (Å²) in [4.78, 5) is 15.0. The van der Waals surface area contributed by atoms with Gasteiger partial charge in [-0.1, -0.05) is 0 Å². The van der Waals surface area contributed by atoms with Gasteiger partial charge in [-0.25, -0.2) is 14.2 Å². The normalized spacial score (nSPS) is 11.3. The molecule has 0 amide bonds. The SMILES string of the molecule is CCOC(=O)c1c(OC(F)(F)F)ncc(I)c1CF. The number of ether oxygens (including phenoxy) is 2. The second-order valence-corrected chi connectivity index (χ2v) is 4.33. The number of nitrogens with zero attached hydrogens (tertiary/aromatic N) is 1. The molecule has 4 nitrogen and oxygen atoms in total. The molecule has 1 aromatic heterocycles. The number of aromatic nitrogens is 1. The van der Waals surface area contributed by atoms with Crippen LogP contribution >= 0.6 is 22.6 Å². The maximum Gasteiger partial charge on any atom is 0.574 e. The Morgan fingerprint density at radius 1 is 1.47 bits per heavy atom. The van der Waals surface area contributed by atoms with Crippen LogP contribution in [-0.4, -0.2) is 23.9 Å². The molecule has 0 N–H and O–H groups in total. The van der Waals surface area contributed by atoms with E-state index in [0.717, 1.165) is 6.20 Å². The average molecular weight is 393 g/mol. The van der Waals surface area contributed by atoms with Gasteiger partial charge in [-0.2, -0.15) is 0 Å². The number of rotatable bonds is 4. The summed E-state index contributed by atoms with van der Waals surface area (Å²) in [6.07, 6.45) is -4.05. The molecule has 19 heavy (non-hydrogen) atoms. The van der Waals surface area contributed by atoms with Gasteiger partial charge in [0.25, 0.3) is 0 Å². The molecular formula is C10H8F4INO3. The molecule has 0 saturated heterocycles. The molecule has 9 heteroatoms. The van der Waals surface area contributed by atoms with Crippen molar-refractivity contribution in [2.24, 2.45) is 0 Å². The van der Waals surface area contributed by atoms with Crippen molar-refractivity contribution >= 4 is 28.6 Å². The molecule has 0 aliphatic carbocycles. The first-order chi connectivity index (χ1) is 8.80. The van der Waals surface area contributed by atoms with Gasteiger partial charge in [0.2, 0.25) is 5.88 Å². The molecule has 0 unspecified atom stereocenters. The van der Waals surface area contributed by atoms with Crippen molar-refractivity contribution < 1.29 is 31.8 Å². The Balaban J connectivity index is 3.34. The highest BCUT2D eigenvalue weighted by Crippen LogP contribution is 2.30. The van der Waals surface area contributed by atoms with Crippen LogP contribution < -0.4 is 4.74 Å². The Labute approximate surface area is 119 Å². The van der Waals surface area contributed by atoms with Crippen LogP contribution in [0.1, 0.15) is 22.8 Å². The van der Waals surface area contributed by atoms with E-state index in [-0.39, 0.29) is 15.7 Å². The van der Waals surface area contributed by atoms with Gasteiger partial charge in [0.15, 0.2) is 0 Å². The Bertz CT molecular complexity index is 479. The van der Waals surface area contributed by atoms with E-state index < -0.39 is 30.4 Å². The van der Waals surface area contributed by atoms with Crippen molar-refractivity contribution in [1.82, 2.24) is 4.98 Å². The number of esters is 1. The Kier molecular flexibility index (Phi) is 5.32. The van der Waals surface area contributed by atoms with Crippen LogP contribution in [0, 0.1) is 3.57 Å². The number of hydrogen-bond acceptors (Lipinski definition) is 4. The van der Waals surface area contributed by atoms with Crippen molar-refractivity contribution in [3.63, 3.8) is 0 Å². The average Bonchev–Trinajstić information content (AvgIpc) is 2.29. The third-order valence-corrected chi connectivity index (χ3v) is 2.85. The molecule has 0 aliphatic heterocycles. The minimum atomic E-state index is -5.03. The molecule has 0 atom stereocenters. The van der Waals surface area contributed by atoms with Crippen molar-refractivity contribution in [1.29, 1.82) is 0 Å². The summed E-state index contributed by atoms with van der Waals surface area (Å²) in [6, 6.07) is 0. The van der Waals surface area contributed by atoms with E-state index in [1.54, 1.807) is 22.6 Å². The number of carbonyl (C=O) groups is 1. The van der Waals surface area contributed by atoms with Gasteiger partial charge in [-0.05, 0) is 29.5 Å². The molecule has 0 bridgehead atoms. The van der Waals surface area contributed by atoms with Crippen LogP contribution in [0.2, 0.25) is 0 Å². The fraction of sp³-hybridized carbons (Fsp3) is 0.400. The van der Waals surface area contributed by atoms with Crippen LogP contribution in [-0.2, 0) is 11.4 Å². The van der Waals surface area contributed by atoms with Crippen molar-refractivity contribution in [3.05, 3.63) is 20.9 Å². The third-order valence-electron chi connectivity index (χ3n) is 1.92. The van der Waals surface area contributed by atoms with Gasteiger partial charge in [0.1, 0.15) is 12.2 Å². The van der Waals surface area contributed by atoms with Gasteiger partial charge in [-0.15, -0.1) is 13.2 Å². The quantitative estimate of drug-likeness (QED) is 0.448. The van der Waals surface area contributed by atoms with Gasteiger partial charge in [0.05, 0.1) is 6.61 Å². The lowest BCUT2D eigenvalue weighted by Gasteiger charge is -2.14. The molecule has 0 radical (unpaired) electrons. The van der Waals surface area contributed by atoms with Gasteiger partial charge in [-0.3, -0.25) is 0 Å². The second kappa shape index (κ2) is 6.35. The molecule has 0 saturated carbocycles.